The zero-order chi connectivity index (χ0) is 20.9. The van der Waals surface area contributed by atoms with E-state index in [1.54, 1.807) is 0 Å². The Morgan fingerprint density at radius 1 is 1.00 bits per heavy atom. The molecule has 1 atom stereocenters. The molecule has 2 N–H and O–H groups in total. The molecule has 4 rings (SSSR count). The molecule has 9 heteroatoms. The number of aryl methyl sites for hydroxylation is 1. The largest absolute Gasteiger partial charge is 0.350 e. The monoisotopic (exact) mass is 403 g/mol. The molecule has 0 radical (unpaired) electrons. The zero-order valence-corrected chi connectivity index (χ0v) is 17.3. The predicted octanol–water partition coefficient (Wildman–Crippen LogP) is 2.16. The molecule has 0 amide bonds. The van der Waals surface area contributed by atoms with Crippen molar-refractivity contribution < 1.29 is 0 Å². The quantitative estimate of drug-likeness (QED) is 0.378. The van der Waals surface area contributed by atoms with Gasteiger partial charge in [0.15, 0.2) is 23.3 Å². The normalized spacial score (nSPS) is 12.8. The van der Waals surface area contributed by atoms with Crippen LogP contribution < -0.4 is 10.6 Å². The molecule has 154 valence electrons. The molecular formula is C21H25N9. The van der Waals surface area contributed by atoms with Crippen LogP contribution in [-0.2, 0) is 20.1 Å². The molecule has 0 bridgehead atoms. The third-order valence-electron chi connectivity index (χ3n) is 5.01. The van der Waals surface area contributed by atoms with Crippen molar-refractivity contribution >= 4 is 11.6 Å². The van der Waals surface area contributed by atoms with Crippen molar-refractivity contribution in [1.29, 1.82) is 0 Å². The van der Waals surface area contributed by atoms with Crippen molar-refractivity contribution in [2.75, 3.05) is 0 Å². The summed E-state index contributed by atoms with van der Waals surface area (Å²) in [7, 11) is 1.94. The molecule has 0 saturated carbocycles. The van der Waals surface area contributed by atoms with Gasteiger partial charge in [-0.05, 0) is 31.5 Å². The Morgan fingerprint density at radius 3 is 2.53 bits per heavy atom. The molecule has 3 aromatic heterocycles. The molecule has 9 nitrogen and oxygen atoms in total. The van der Waals surface area contributed by atoms with Gasteiger partial charge < -0.3 is 15.2 Å². The number of nitrogens with zero attached hydrogens (tertiary/aromatic N) is 7. The van der Waals surface area contributed by atoms with Gasteiger partial charge in [-0.15, -0.1) is 20.4 Å². The molecular weight excluding hydrogens is 378 g/mol. The number of hydrogen-bond donors (Lipinski definition) is 2. The fraction of sp³-hybridized carbons (Fsp3) is 0.286. The van der Waals surface area contributed by atoms with Crippen LogP contribution in [0.5, 0.6) is 0 Å². The Balaban J connectivity index is 1.52. The molecule has 3 heterocycles. The Hall–Kier alpha value is -3.75. The minimum Gasteiger partial charge on any atom is -0.350 e. The summed E-state index contributed by atoms with van der Waals surface area (Å²) in [6, 6.07) is 16.2. The number of nitrogens with one attached hydrogen (secondary N) is 2. The first-order valence-electron chi connectivity index (χ1n) is 9.85. The van der Waals surface area contributed by atoms with E-state index in [2.05, 4.69) is 50.1 Å². The SMILES string of the molecule is Cc1nnc(CN=C(NCc2nnc3ccccn23)NC(C)c2ccccc2)n1C. The van der Waals surface area contributed by atoms with Crippen molar-refractivity contribution in [1.82, 2.24) is 40.0 Å². The van der Waals surface area contributed by atoms with E-state index in [4.69, 9.17) is 4.99 Å². The van der Waals surface area contributed by atoms with E-state index in [0.717, 1.165) is 23.1 Å². The fourth-order valence-electron chi connectivity index (χ4n) is 3.10. The molecule has 0 aliphatic heterocycles. The van der Waals surface area contributed by atoms with Crippen LogP contribution in [0.25, 0.3) is 5.65 Å². The molecule has 1 unspecified atom stereocenters. The van der Waals surface area contributed by atoms with E-state index in [1.807, 2.05) is 65.5 Å². The number of aliphatic imine (C=N–C) groups is 1. The summed E-state index contributed by atoms with van der Waals surface area (Å²) in [4.78, 5) is 4.73. The Labute approximate surface area is 174 Å². The van der Waals surface area contributed by atoms with Crippen molar-refractivity contribution in [2.24, 2.45) is 12.0 Å². The van der Waals surface area contributed by atoms with E-state index >= 15 is 0 Å². The first kappa shape index (κ1) is 19.6. The highest BCUT2D eigenvalue weighted by molar-refractivity contribution is 5.80. The molecule has 4 aromatic rings. The topological polar surface area (TPSA) is 97.3 Å². The Kier molecular flexibility index (Phi) is 5.69. The number of benzene rings is 1. The molecule has 0 spiro atoms. The lowest BCUT2D eigenvalue weighted by Crippen LogP contribution is -2.39. The Morgan fingerprint density at radius 2 is 1.77 bits per heavy atom. The number of fused-ring (bicyclic) bond motifs is 1. The van der Waals surface area contributed by atoms with Crippen LogP contribution in [0.1, 0.15) is 36.0 Å². The molecule has 0 fully saturated rings. The summed E-state index contributed by atoms with van der Waals surface area (Å²) in [5, 5.41) is 23.6. The molecule has 0 aliphatic rings. The van der Waals surface area contributed by atoms with Crippen LogP contribution in [0.3, 0.4) is 0 Å². The van der Waals surface area contributed by atoms with E-state index in [1.165, 1.54) is 5.56 Å². The first-order valence-corrected chi connectivity index (χ1v) is 9.85. The number of rotatable bonds is 6. The lowest BCUT2D eigenvalue weighted by atomic mass is 10.1. The minimum absolute atomic E-state index is 0.0776. The summed E-state index contributed by atoms with van der Waals surface area (Å²) in [6.07, 6.45) is 1.95. The average molecular weight is 403 g/mol. The lowest BCUT2D eigenvalue weighted by Gasteiger charge is -2.18. The van der Waals surface area contributed by atoms with Crippen molar-refractivity contribution in [2.45, 2.75) is 33.0 Å². The van der Waals surface area contributed by atoms with Gasteiger partial charge in [0.1, 0.15) is 12.4 Å². The molecule has 0 saturated heterocycles. The van der Waals surface area contributed by atoms with Crippen LogP contribution in [0.2, 0.25) is 0 Å². The van der Waals surface area contributed by atoms with Crippen LogP contribution in [0.15, 0.2) is 59.7 Å². The number of pyridine rings is 1. The number of aromatic nitrogens is 6. The van der Waals surface area contributed by atoms with Crippen LogP contribution in [0.4, 0.5) is 0 Å². The summed E-state index contributed by atoms with van der Waals surface area (Å²) in [5.74, 6) is 3.13. The molecule has 30 heavy (non-hydrogen) atoms. The van der Waals surface area contributed by atoms with Gasteiger partial charge in [-0.3, -0.25) is 4.40 Å². The minimum atomic E-state index is 0.0776. The van der Waals surface area contributed by atoms with E-state index in [-0.39, 0.29) is 6.04 Å². The van der Waals surface area contributed by atoms with Crippen molar-refractivity contribution in [3.8, 4) is 0 Å². The maximum atomic E-state index is 4.73. The van der Waals surface area contributed by atoms with Gasteiger partial charge >= 0.3 is 0 Å². The predicted molar refractivity (Wildman–Crippen MR) is 115 cm³/mol. The van der Waals surface area contributed by atoms with Crippen molar-refractivity contribution in [3.05, 3.63) is 77.8 Å². The van der Waals surface area contributed by atoms with Gasteiger partial charge in [-0.2, -0.15) is 0 Å². The summed E-state index contributed by atoms with van der Waals surface area (Å²) < 4.78 is 3.89. The van der Waals surface area contributed by atoms with Gasteiger partial charge in [-0.1, -0.05) is 36.4 Å². The maximum Gasteiger partial charge on any atom is 0.192 e. The summed E-state index contributed by atoms with van der Waals surface area (Å²) in [6.45, 7) is 4.92. The second kappa shape index (κ2) is 8.73. The first-order chi connectivity index (χ1) is 14.6. The maximum absolute atomic E-state index is 4.73. The van der Waals surface area contributed by atoms with Gasteiger partial charge in [0, 0.05) is 13.2 Å². The number of hydrogen-bond acceptors (Lipinski definition) is 5. The highest BCUT2D eigenvalue weighted by Crippen LogP contribution is 2.11. The van der Waals surface area contributed by atoms with Gasteiger partial charge in [-0.25, -0.2) is 4.99 Å². The highest BCUT2D eigenvalue weighted by atomic mass is 15.3. The van der Waals surface area contributed by atoms with Gasteiger partial charge in [0.2, 0.25) is 0 Å². The lowest BCUT2D eigenvalue weighted by molar-refractivity contribution is 0.668. The third-order valence-corrected chi connectivity index (χ3v) is 5.01. The molecule has 0 aliphatic carbocycles. The summed E-state index contributed by atoms with van der Waals surface area (Å²) >= 11 is 0. The van der Waals surface area contributed by atoms with Crippen LogP contribution in [-0.4, -0.2) is 35.3 Å². The van der Waals surface area contributed by atoms with Gasteiger partial charge in [0.05, 0.1) is 12.6 Å². The smallest absolute Gasteiger partial charge is 0.192 e. The van der Waals surface area contributed by atoms with Crippen molar-refractivity contribution in [3.63, 3.8) is 0 Å². The zero-order valence-electron chi connectivity index (χ0n) is 17.3. The highest BCUT2D eigenvalue weighted by Gasteiger charge is 2.11. The number of guanidine groups is 1. The van der Waals surface area contributed by atoms with Crippen LogP contribution >= 0.6 is 0 Å². The second-order valence-electron chi connectivity index (χ2n) is 7.06. The summed E-state index contributed by atoms with van der Waals surface area (Å²) in [5.41, 5.74) is 1.99. The third kappa shape index (κ3) is 4.29. The van der Waals surface area contributed by atoms with Gasteiger partial charge in [0.25, 0.3) is 0 Å². The van der Waals surface area contributed by atoms with Crippen LogP contribution in [0, 0.1) is 6.92 Å². The second-order valence-corrected chi connectivity index (χ2v) is 7.06. The molecule has 1 aromatic carbocycles. The Bertz CT molecular complexity index is 1140. The standard InChI is InChI=1S/C21H25N9/c1-15(17-9-5-4-6-10-17)24-21(22-13-19-27-25-16(2)29(19)3)23-14-20-28-26-18-11-7-8-12-30(18)20/h4-12,15H,13-14H2,1-3H3,(H2,22,23,24). The fourth-order valence-corrected chi connectivity index (χ4v) is 3.10. The van der Waals surface area contributed by atoms with E-state index in [9.17, 15) is 0 Å². The van der Waals surface area contributed by atoms with E-state index < -0.39 is 0 Å². The van der Waals surface area contributed by atoms with E-state index in [0.29, 0.717) is 19.0 Å². The average Bonchev–Trinajstić information content (AvgIpc) is 3.34.